The minimum Gasteiger partial charge on any atom is -0.367 e. The van der Waals surface area contributed by atoms with Crippen LogP contribution in [0, 0.1) is 0 Å². The highest BCUT2D eigenvalue weighted by molar-refractivity contribution is 5.71. The van der Waals surface area contributed by atoms with Gasteiger partial charge in [-0.05, 0) is 23.0 Å². The van der Waals surface area contributed by atoms with Gasteiger partial charge < -0.3 is 10.3 Å². The molecule has 0 radical (unpaired) electrons. The number of hydrogen-bond donors (Lipinski definition) is 1. The molecular weight excluding hydrogens is 212 g/mol. The molecule has 1 heterocycles. The maximum atomic E-state index is 5.69. The summed E-state index contributed by atoms with van der Waals surface area (Å²) in [5, 5.41) is 3.69. The van der Waals surface area contributed by atoms with Gasteiger partial charge in [0.05, 0.1) is 11.8 Å². The molecule has 17 heavy (non-hydrogen) atoms. The SMILES string of the molecule is CCC(C)(C)c1ccc(-c2cnoc2N)cc1. The second-order valence-corrected chi connectivity index (χ2v) is 4.92. The molecule has 0 amide bonds. The molecule has 90 valence electrons. The summed E-state index contributed by atoms with van der Waals surface area (Å²) in [6.07, 6.45) is 2.76. The van der Waals surface area contributed by atoms with Gasteiger partial charge in [-0.25, -0.2) is 0 Å². The maximum Gasteiger partial charge on any atom is 0.229 e. The summed E-state index contributed by atoms with van der Waals surface area (Å²) in [7, 11) is 0. The highest BCUT2D eigenvalue weighted by Crippen LogP contribution is 2.30. The molecule has 2 N–H and O–H groups in total. The second-order valence-electron chi connectivity index (χ2n) is 4.92. The van der Waals surface area contributed by atoms with E-state index in [1.54, 1.807) is 6.20 Å². The van der Waals surface area contributed by atoms with Gasteiger partial charge in [-0.1, -0.05) is 50.2 Å². The average Bonchev–Trinajstić information content (AvgIpc) is 2.76. The molecule has 0 fully saturated rings. The first-order valence-electron chi connectivity index (χ1n) is 5.85. The number of nitrogen functional groups attached to an aromatic ring is 1. The number of anilines is 1. The van der Waals surface area contributed by atoms with E-state index in [0.29, 0.717) is 5.88 Å². The predicted octanol–water partition coefficient (Wildman–Crippen LogP) is 3.61. The van der Waals surface area contributed by atoms with Crippen LogP contribution in [0.25, 0.3) is 11.1 Å². The molecule has 3 nitrogen and oxygen atoms in total. The van der Waals surface area contributed by atoms with Crippen molar-refractivity contribution in [3.05, 3.63) is 36.0 Å². The minimum atomic E-state index is 0.207. The van der Waals surface area contributed by atoms with E-state index in [-0.39, 0.29) is 5.41 Å². The zero-order valence-corrected chi connectivity index (χ0v) is 10.5. The summed E-state index contributed by atoms with van der Waals surface area (Å²) >= 11 is 0. The van der Waals surface area contributed by atoms with Crippen molar-refractivity contribution in [2.75, 3.05) is 5.73 Å². The van der Waals surface area contributed by atoms with Gasteiger partial charge in [0.25, 0.3) is 0 Å². The van der Waals surface area contributed by atoms with E-state index in [9.17, 15) is 0 Å². The number of nitrogens with zero attached hydrogens (tertiary/aromatic N) is 1. The molecular formula is C14H18N2O. The Bertz CT molecular complexity index is 497. The Morgan fingerprint density at radius 3 is 2.35 bits per heavy atom. The number of nitrogens with two attached hydrogens (primary N) is 1. The van der Waals surface area contributed by atoms with Gasteiger partial charge in [0.2, 0.25) is 5.88 Å². The molecule has 3 heteroatoms. The molecule has 0 aliphatic rings. The van der Waals surface area contributed by atoms with Crippen LogP contribution in [0.15, 0.2) is 35.0 Å². The highest BCUT2D eigenvalue weighted by atomic mass is 16.5. The number of rotatable bonds is 3. The van der Waals surface area contributed by atoms with Crippen molar-refractivity contribution in [2.45, 2.75) is 32.6 Å². The van der Waals surface area contributed by atoms with Crippen LogP contribution in [0.3, 0.4) is 0 Å². The fourth-order valence-electron chi connectivity index (χ4n) is 1.77. The number of aromatic nitrogens is 1. The van der Waals surface area contributed by atoms with Gasteiger partial charge >= 0.3 is 0 Å². The van der Waals surface area contributed by atoms with Crippen molar-refractivity contribution in [3.63, 3.8) is 0 Å². The molecule has 1 aromatic heterocycles. The van der Waals surface area contributed by atoms with Crippen LogP contribution >= 0.6 is 0 Å². The van der Waals surface area contributed by atoms with Gasteiger partial charge in [-0.15, -0.1) is 0 Å². The topological polar surface area (TPSA) is 52.0 Å². The summed E-state index contributed by atoms with van der Waals surface area (Å²) in [5.41, 5.74) is 9.13. The molecule has 0 bridgehead atoms. The quantitative estimate of drug-likeness (QED) is 0.876. The summed E-state index contributed by atoms with van der Waals surface area (Å²) in [4.78, 5) is 0. The van der Waals surface area contributed by atoms with Crippen molar-refractivity contribution in [1.29, 1.82) is 0 Å². The van der Waals surface area contributed by atoms with Crippen molar-refractivity contribution < 1.29 is 4.52 Å². The molecule has 0 saturated heterocycles. The first-order chi connectivity index (χ1) is 8.04. The molecule has 0 unspecified atom stereocenters. The van der Waals surface area contributed by atoms with Crippen molar-refractivity contribution in [2.24, 2.45) is 0 Å². The Morgan fingerprint density at radius 2 is 1.88 bits per heavy atom. The van der Waals surface area contributed by atoms with E-state index in [4.69, 9.17) is 10.3 Å². The largest absolute Gasteiger partial charge is 0.367 e. The summed E-state index contributed by atoms with van der Waals surface area (Å²) in [5.74, 6) is 0.368. The van der Waals surface area contributed by atoms with E-state index in [0.717, 1.165) is 17.5 Å². The Hall–Kier alpha value is -1.77. The Morgan fingerprint density at radius 1 is 1.24 bits per heavy atom. The van der Waals surface area contributed by atoms with Crippen molar-refractivity contribution in [3.8, 4) is 11.1 Å². The number of benzene rings is 1. The lowest BCUT2D eigenvalue weighted by Crippen LogP contribution is -2.14. The molecule has 2 rings (SSSR count). The van der Waals surface area contributed by atoms with Gasteiger partial charge in [0.1, 0.15) is 0 Å². The predicted molar refractivity (Wildman–Crippen MR) is 69.7 cm³/mol. The van der Waals surface area contributed by atoms with Crippen LogP contribution < -0.4 is 5.73 Å². The van der Waals surface area contributed by atoms with E-state index in [1.165, 1.54) is 5.56 Å². The van der Waals surface area contributed by atoms with Crippen molar-refractivity contribution in [1.82, 2.24) is 5.16 Å². The second kappa shape index (κ2) is 4.24. The maximum absolute atomic E-state index is 5.69. The molecule has 0 aliphatic carbocycles. The average molecular weight is 230 g/mol. The third-order valence-electron chi connectivity index (χ3n) is 3.46. The van der Waals surface area contributed by atoms with E-state index < -0.39 is 0 Å². The molecule has 0 aliphatic heterocycles. The third kappa shape index (κ3) is 2.18. The van der Waals surface area contributed by atoms with Gasteiger partial charge in [-0.2, -0.15) is 0 Å². The van der Waals surface area contributed by atoms with Crippen molar-refractivity contribution >= 4 is 5.88 Å². The lowest BCUT2D eigenvalue weighted by atomic mass is 9.82. The van der Waals surface area contributed by atoms with E-state index >= 15 is 0 Å². The van der Waals surface area contributed by atoms with Crippen LogP contribution in [0.4, 0.5) is 5.88 Å². The van der Waals surface area contributed by atoms with Gasteiger partial charge in [0, 0.05) is 0 Å². The summed E-state index contributed by atoms with van der Waals surface area (Å²) in [6.45, 7) is 6.69. The van der Waals surface area contributed by atoms with Crippen LogP contribution in [-0.2, 0) is 5.41 Å². The lowest BCUT2D eigenvalue weighted by molar-refractivity contribution is 0.436. The molecule has 1 aromatic carbocycles. The third-order valence-corrected chi connectivity index (χ3v) is 3.46. The Balaban J connectivity index is 2.34. The molecule has 0 saturated carbocycles. The summed E-state index contributed by atoms with van der Waals surface area (Å²) in [6, 6.07) is 8.42. The van der Waals surface area contributed by atoms with E-state index in [1.807, 2.05) is 0 Å². The van der Waals surface area contributed by atoms with Crippen LogP contribution in [0.2, 0.25) is 0 Å². The van der Waals surface area contributed by atoms with Crippen LogP contribution in [-0.4, -0.2) is 5.16 Å². The molecule has 2 aromatic rings. The van der Waals surface area contributed by atoms with Gasteiger partial charge in [0.15, 0.2) is 0 Å². The Kier molecular flexibility index (Phi) is 2.92. The highest BCUT2D eigenvalue weighted by Gasteiger charge is 2.18. The monoisotopic (exact) mass is 230 g/mol. The first kappa shape index (κ1) is 11.7. The fraction of sp³-hybridized carbons (Fsp3) is 0.357. The lowest BCUT2D eigenvalue weighted by Gasteiger charge is -2.23. The molecule has 0 atom stereocenters. The zero-order chi connectivity index (χ0) is 12.5. The molecule has 0 spiro atoms. The normalized spacial score (nSPS) is 11.7. The minimum absolute atomic E-state index is 0.207. The van der Waals surface area contributed by atoms with E-state index in [2.05, 4.69) is 50.2 Å². The Labute approximate surface area is 102 Å². The standard InChI is InChI=1S/C14H18N2O/c1-4-14(2,3)11-7-5-10(6-8-11)12-9-16-17-13(12)15/h5-9H,4,15H2,1-3H3. The first-order valence-corrected chi connectivity index (χ1v) is 5.85. The zero-order valence-electron chi connectivity index (χ0n) is 10.5. The van der Waals surface area contributed by atoms with Crippen LogP contribution in [0.5, 0.6) is 0 Å². The smallest absolute Gasteiger partial charge is 0.229 e. The van der Waals surface area contributed by atoms with Gasteiger partial charge in [-0.3, -0.25) is 0 Å². The van der Waals surface area contributed by atoms with Crippen LogP contribution in [0.1, 0.15) is 32.8 Å². The summed E-state index contributed by atoms with van der Waals surface area (Å²) < 4.78 is 4.87. The number of hydrogen-bond acceptors (Lipinski definition) is 3. The fourth-order valence-corrected chi connectivity index (χ4v) is 1.77.